The third-order valence-electron chi connectivity index (χ3n) is 1.99. The second kappa shape index (κ2) is 8.91. The first-order valence-corrected chi connectivity index (χ1v) is 5.43. The molecule has 1 unspecified atom stereocenters. The Morgan fingerprint density at radius 1 is 1.47 bits per heavy atom. The van der Waals surface area contributed by atoms with E-state index in [1.807, 2.05) is 19.0 Å². The van der Waals surface area contributed by atoms with E-state index in [2.05, 4.69) is 5.32 Å². The zero-order valence-corrected chi connectivity index (χ0v) is 10.3. The van der Waals surface area contributed by atoms with E-state index in [-0.39, 0.29) is 6.54 Å². The number of ether oxygens (including phenoxy) is 1. The van der Waals surface area contributed by atoms with Crippen LogP contribution in [0.1, 0.15) is 6.42 Å². The molecule has 0 saturated carbocycles. The van der Waals surface area contributed by atoms with E-state index in [0.717, 1.165) is 0 Å². The van der Waals surface area contributed by atoms with E-state index in [0.29, 0.717) is 26.1 Å². The van der Waals surface area contributed by atoms with Gasteiger partial charge in [0.15, 0.2) is 0 Å². The third-order valence-corrected chi connectivity index (χ3v) is 1.99. The van der Waals surface area contributed by atoms with Crippen molar-refractivity contribution in [3.05, 3.63) is 0 Å². The molecule has 0 fully saturated rings. The van der Waals surface area contributed by atoms with Gasteiger partial charge in [-0.3, -0.25) is 9.59 Å². The smallest absolute Gasteiger partial charge is 0.323 e. The van der Waals surface area contributed by atoms with Gasteiger partial charge in [0.25, 0.3) is 0 Å². The molecule has 0 spiro atoms. The minimum atomic E-state index is -0.938. The molecule has 0 amide bonds. The van der Waals surface area contributed by atoms with Gasteiger partial charge >= 0.3 is 11.9 Å². The van der Waals surface area contributed by atoms with E-state index in [9.17, 15) is 9.59 Å². The van der Waals surface area contributed by atoms with Crippen molar-refractivity contribution < 1.29 is 19.4 Å². The highest BCUT2D eigenvalue weighted by molar-refractivity contribution is 5.75. The van der Waals surface area contributed by atoms with Crippen molar-refractivity contribution in [2.75, 3.05) is 40.3 Å². The number of hydrogen-bond acceptors (Lipinski definition) is 6. The lowest BCUT2D eigenvalue weighted by Crippen LogP contribution is -2.37. The monoisotopic (exact) mass is 247 g/mol. The Morgan fingerprint density at radius 2 is 2.12 bits per heavy atom. The van der Waals surface area contributed by atoms with Gasteiger partial charge in [-0.15, -0.1) is 0 Å². The number of nitrogens with two attached hydrogens (primary N) is 1. The zero-order chi connectivity index (χ0) is 13.3. The second-order valence-corrected chi connectivity index (χ2v) is 3.94. The van der Waals surface area contributed by atoms with Gasteiger partial charge in [-0.2, -0.15) is 0 Å². The van der Waals surface area contributed by atoms with Crippen molar-refractivity contribution in [2.45, 2.75) is 12.5 Å². The van der Waals surface area contributed by atoms with Crippen LogP contribution < -0.4 is 11.1 Å². The minimum Gasteiger partial charge on any atom is -0.480 e. The molecule has 0 rings (SSSR count). The molecule has 1 atom stereocenters. The summed E-state index contributed by atoms with van der Waals surface area (Å²) in [6, 6.07) is -0.710. The van der Waals surface area contributed by atoms with Crippen LogP contribution in [0.3, 0.4) is 0 Å². The van der Waals surface area contributed by atoms with Gasteiger partial charge < -0.3 is 25.8 Å². The second-order valence-electron chi connectivity index (χ2n) is 3.94. The fourth-order valence-corrected chi connectivity index (χ4v) is 1.01. The van der Waals surface area contributed by atoms with E-state index in [1.54, 1.807) is 0 Å². The quantitative estimate of drug-likeness (QED) is 0.336. The van der Waals surface area contributed by atoms with E-state index >= 15 is 0 Å². The number of rotatable bonds is 9. The number of aliphatic carboxylic acids is 1. The molecular weight excluding hydrogens is 226 g/mol. The standard InChI is InChI=1S/C10H21N3O4/c1-13(2)5-6-17-10(16)8(11)3-4-12-7-9(14)15/h8,12H,3-7,11H2,1-2H3,(H,14,15). The van der Waals surface area contributed by atoms with Crippen molar-refractivity contribution >= 4 is 11.9 Å². The summed E-state index contributed by atoms with van der Waals surface area (Å²) in [5.41, 5.74) is 5.58. The van der Waals surface area contributed by atoms with Crippen LogP contribution in [0.25, 0.3) is 0 Å². The predicted molar refractivity (Wildman–Crippen MR) is 62.6 cm³/mol. The number of carbonyl (C=O) groups excluding carboxylic acids is 1. The number of likely N-dealkylation sites (N-methyl/N-ethyl adjacent to an activating group) is 1. The molecule has 0 radical (unpaired) electrons. The van der Waals surface area contributed by atoms with Crippen molar-refractivity contribution in [1.82, 2.24) is 10.2 Å². The molecule has 100 valence electrons. The normalized spacial score (nSPS) is 12.5. The molecule has 0 heterocycles. The van der Waals surface area contributed by atoms with Gasteiger partial charge in [0.1, 0.15) is 12.6 Å². The number of carboxylic acids is 1. The Labute approximate surface area is 101 Å². The highest BCUT2D eigenvalue weighted by atomic mass is 16.5. The number of carboxylic acid groups (broad SMARTS) is 1. The summed E-state index contributed by atoms with van der Waals surface area (Å²) in [6.45, 7) is 1.19. The number of esters is 1. The summed E-state index contributed by atoms with van der Waals surface area (Å²) in [5, 5.41) is 11.0. The average Bonchev–Trinajstić information content (AvgIpc) is 2.23. The molecule has 17 heavy (non-hydrogen) atoms. The summed E-state index contributed by atoms with van der Waals surface area (Å²) in [4.78, 5) is 23.4. The van der Waals surface area contributed by atoms with Crippen LogP contribution in [0.2, 0.25) is 0 Å². The maximum absolute atomic E-state index is 11.3. The maximum Gasteiger partial charge on any atom is 0.323 e. The van der Waals surface area contributed by atoms with Crippen molar-refractivity contribution in [3.8, 4) is 0 Å². The number of nitrogens with zero attached hydrogens (tertiary/aromatic N) is 1. The number of nitrogens with one attached hydrogen (secondary N) is 1. The lowest BCUT2D eigenvalue weighted by atomic mass is 10.2. The van der Waals surface area contributed by atoms with Crippen LogP contribution in [-0.2, 0) is 14.3 Å². The van der Waals surface area contributed by atoms with Gasteiger partial charge in [0, 0.05) is 6.54 Å². The Morgan fingerprint density at radius 3 is 2.65 bits per heavy atom. The molecule has 0 aromatic carbocycles. The molecule has 0 aliphatic rings. The SMILES string of the molecule is CN(C)CCOC(=O)C(N)CCNCC(=O)O. The molecule has 0 aromatic heterocycles. The molecule has 0 saturated heterocycles. The molecule has 0 bridgehead atoms. The minimum absolute atomic E-state index is 0.137. The van der Waals surface area contributed by atoms with Crippen molar-refractivity contribution in [2.24, 2.45) is 5.73 Å². The zero-order valence-electron chi connectivity index (χ0n) is 10.3. The largest absolute Gasteiger partial charge is 0.480 e. The molecule has 4 N–H and O–H groups in total. The lowest BCUT2D eigenvalue weighted by Gasteiger charge is -2.13. The molecule has 0 aliphatic carbocycles. The summed E-state index contributed by atoms with van der Waals surface area (Å²) < 4.78 is 4.94. The van der Waals surface area contributed by atoms with E-state index in [4.69, 9.17) is 15.6 Å². The fourth-order valence-electron chi connectivity index (χ4n) is 1.01. The van der Waals surface area contributed by atoms with E-state index < -0.39 is 18.0 Å². The first-order chi connectivity index (χ1) is 7.93. The molecule has 0 aromatic rings. The number of hydrogen-bond donors (Lipinski definition) is 3. The maximum atomic E-state index is 11.3. The predicted octanol–water partition coefficient (Wildman–Crippen LogP) is -1.52. The van der Waals surface area contributed by atoms with E-state index in [1.165, 1.54) is 0 Å². The Bertz CT molecular complexity index is 246. The Hall–Kier alpha value is -1.18. The van der Waals surface area contributed by atoms with Gasteiger partial charge in [0.2, 0.25) is 0 Å². The molecule has 7 nitrogen and oxygen atoms in total. The topological polar surface area (TPSA) is 105 Å². The lowest BCUT2D eigenvalue weighted by molar-refractivity contribution is -0.145. The third kappa shape index (κ3) is 9.73. The highest BCUT2D eigenvalue weighted by Gasteiger charge is 2.14. The number of carbonyl (C=O) groups is 2. The summed E-state index contributed by atoms with van der Waals surface area (Å²) in [5.74, 6) is -1.39. The first kappa shape index (κ1) is 15.8. The van der Waals surface area contributed by atoms with Crippen molar-refractivity contribution in [1.29, 1.82) is 0 Å². The summed E-state index contributed by atoms with van der Waals surface area (Å²) in [6.07, 6.45) is 0.355. The van der Waals surface area contributed by atoms with Crippen molar-refractivity contribution in [3.63, 3.8) is 0 Å². The van der Waals surface area contributed by atoms with Crippen LogP contribution in [0, 0.1) is 0 Å². The molecule has 0 aliphatic heterocycles. The summed E-state index contributed by atoms with van der Waals surface area (Å²) in [7, 11) is 3.76. The Balaban J connectivity index is 3.57. The van der Waals surface area contributed by atoms with Crippen LogP contribution in [0.5, 0.6) is 0 Å². The van der Waals surface area contributed by atoms with Crippen LogP contribution in [-0.4, -0.2) is 68.3 Å². The van der Waals surface area contributed by atoms with Crippen LogP contribution in [0.4, 0.5) is 0 Å². The fraction of sp³-hybridized carbons (Fsp3) is 0.800. The average molecular weight is 247 g/mol. The van der Waals surface area contributed by atoms with Gasteiger partial charge in [0.05, 0.1) is 6.54 Å². The van der Waals surface area contributed by atoms with Crippen LogP contribution in [0.15, 0.2) is 0 Å². The molecular formula is C10H21N3O4. The van der Waals surface area contributed by atoms with Gasteiger partial charge in [-0.05, 0) is 27.1 Å². The van der Waals surface area contributed by atoms with Gasteiger partial charge in [-0.25, -0.2) is 0 Å². The molecule has 7 heteroatoms. The summed E-state index contributed by atoms with van der Waals surface area (Å²) >= 11 is 0. The first-order valence-electron chi connectivity index (χ1n) is 5.43. The highest BCUT2D eigenvalue weighted by Crippen LogP contribution is 1.91. The van der Waals surface area contributed by atoms with Crippen LogP contribution >= 0.6 is 0 Å². The van der Waals surface area contributed by atoms with Gasteiger partial charge in [-0.1, -0.05) is 0 Å². The Kier molecular flexibility index (Phi) is 8.29.